The maximum atomic E-state index is 10.9. The molecule has 156 valence electrons. The zero-order valence-electron chi connectivity index (χ0n) is 17.4. The highest BCUT2D eigenvalue weighted by Crippen LogP contribution is 2.44. The summed E-state index contributed by atoms with van der Waals surface area (Å²) < 4.78 is 1.47. The molecular weight excluding hydrogens is 386 g/mol. The molecule has 5 rings (SSSR count). The van der Waals surface area contributed by atoms with Crippen molar-refractivity contribution in [3.8, 4) is 0 Å². The first-order valence-electron chi connectivity index (χ1n) is 10.4. The molecule has 2 heterocycles. The predicted octanol–water partition coefficient (Wildman–Crippen LogP) is 4.35. The lowest BCUT2D eigenvalue weighted by molar-refractivity contribution is 0.632. The van der Waals surface area contributed by atoms with Gasteiger partial charge in [-0.15, -0.1) is 0 Å². The predicted molar refractivity (Wildman–Crippen MR) is 124 cm³/mol. The van der Waals surface area contributed by atoms with Crippen LogP contribution >= 0.6 is 0 Å². The third kappa shape index (κ3) is 4.08. The fraction of sp³-hybridized carbons (Fsp3) is 0.154. The normalized spacial score (nSPS) is 13.1. The maximum Gasteiger partial charge on any atom is 0.328 e. The number of aromatic amines is 1. The van der Waals surface area contributed by atoms with Crippen molar-refractivity contribution in [2.75, 3.05) is 5.32 Å². The molecule has 0 unspecified atom stereocenters. The summed E-state index contributed by atoms with van der Waals surface area (Å²) >= 11 is 0. The van der Waals surface area contributed by atoms with Crippen LogP contribution in [0, 0.1) is 0 Å². The minimum absolute atomic E-state index is 0.263. The lowest BCUT2D eigenvalue weighted by Gasteiger charge is -2.32. The molecule has 5 nitrogen and oxygen atoms in total. The van der Waals surface area contributed by atoms with E-state index in [0.717, 1.165) is 6.42 Å². The number of fused-ring (bicyclic) bond motifs is 2. The van der Waals surface area contributed by atoms with Crippen LogP contribution in [0.15, 0.2) is 107 Å². The molecule has 0 atom stereocenters. The number of nitrogens with one attached hydrogen (secondary N) is 2. The molecule has 4 aromatic rings. The van der Waals surface area contributed by atoms with Gasteiger partial charge in [0.2, 0.25) is 0 Å². The SMILES string of the molecule is CCCn1ccc(=O)[nH]c1=O.c1ccc(C2(c3ccccc3)Nc3cccc2c3)cc1. The molecule has 1 aromatic heterocycles. The Morgan fingerprint density at radius 2 is 1.39 bits per heavy atom. The quantitative estimate of drug-likeness (QED) is 0.525. The van der Waals surface area contributed by atoms with Crippen molar-refractivity contribution in [3.05, 3.63) is 135 Å². The van der Waals surface area contributed by atoms with Crippen LogP contribution in [0.4, 0.5) is 5.69 Å². The van der Waals surface area contributed by atoms with E-state index in [0.29, 0.717) is 6.54 Å². The van der Waals surface area contributed by atoms with E-state index in [1.54, 1.807) is 0 Å². The van der Waals surface area contributed by atoms with E-state index in [-0.39, 0.29) is 16.8 Å². The number of hydrogen-bond acceptors (Lipinski definition) is 3. The zero-order valence-corrected chi connectivity index (χ0v) is 17.4. The van der Waals surface area contributed by atoms with Crippen molar-refractivity contribution >= 4 is 5.69 Å². The molecule has 0 fully saturated rings. The van der Waals surface area contributed by atoms with E-state index in [1.165, 1.54) is 39.2 Å². The zero-order chi connectivity index (χ0) is 21.7. The highest BCUT2D eigenvalue weighted by Gasteiger charge is 2.39. The average molecular weight is 412 g/mol. The third-order valence-corrected chi connectivity index (χ3v) is 5.40. The highest BCUT2D eigenvalue weighted by molar-refractivity contribution is 5.67. The van der Waals surface area contributed by atoms with Crippen LogP contribution in [0.5, 0.6) is 0 Å². The molecular formula is C26H25N3O2. The van der Waals surface area contributed by atoms with Crippen molar-refractivity contribution in [2.24, 2.45) is 0 Å². The summed E-state index contributed by atoms with van der Waals surface area (Å²) in [7, 11) is 0. The smallest absolute Gasteiger partial charge is 0.328 e. The number of nitrogens with zero attached hydrogens (tertiary/aromatic N) is 1. The molecule has 0 aliphatic carbocycles. The summed E-state index contributed by atoms with van der Waals surface area (Å²) in [6.07, 6.45) is 2.39. The molecule has 2 bridgehead atoms. The van der Waals surface area contributed by atoms with Crippen molar-refractivity contribution in [3.63, 3.8) is 0 Å². The minimum Gasteiger partial charge on any atom is -0.368 e. The van der Waals surface area contributed by atoms with Gasteiger partial charge in [-0.3, -0.25) is 9.78 Å². The number of hydrogen-bond donors (Lipinski definition) is 2. The summed E-state index contributed by atoms with van der Waals surface area (Å²) in [5.41, 5.74) is 4.07. The molecule has 3 aromatic carbocycles. The molecule has 0 radical (unpaired) electrons. The van der Waals surface area contributed by atoms with Gasteiger partial charge in [0.15, 0.2) is 0 Å². The lowest BCUT2D eigenvalue weighted by Crippen LogP contribution is -2.34. The maximum absolute atomic E-state index is 10.9. The highest BCUT2D eigenvalue weighted by atomic mass is 16.2. The fourth-order valence-corrected chi connectivity index (χ4v) is 4.00. The van der Waals surface area contributed by atoms with Gasteiger partial charge < -0.3 is 9.88 Å². The van der Waals surface area contributed by atoms with Crippen LogP contribution in [0.2, 0.25) is 0 Å². The summed E-state index contributed by atoms with van der Waals surface area (Å²) in [5, 5.41) is 3.70. The van der Waals surface area contributed by atoms with Crippen molar-refractivity contribution in [2.45, 2.75) is 25.4 Å². The van der Waals surface area contributed by atoms with Crippen LogP contribution in [-0.2, 0) is 12.1 Å². The Kier molecular flexibility index (Phi) is 5.85. The Morgan fingerprint density at radius 1 is 0.774 bits per heavy atom. The molecule has 31 heavy (non-hydrogen) atoms. The first-order valence-corrected chi connectivity index (χ1v) is 10.4. The topological polar surface area (TPSA) is 66.9 Å². The molecule has 0 saturated carbocycles. The van der Waals surface area contributed by atoms with Gasteiger partial charge in [0, 0.05) is 24.5 Å². The Hall–Kier alpha value is -3.86. The Morgan fingerprint density at radius 3 is 1.94 bits per heavy atom. The largest absolute Gasteiger partial charge is 0.368 e. The van der Waals surface area contributed by atoms with E-state index in [4.69, 9.17) is 0 Å². The van der Waals surface area contributed by atoms with Gasteiger partial charge in [-0.25, -0.2) is 4.79 Å². The van der Waals surface area contributed by atoms with E-state index >= 15 is 0 Å². The fourth-order valence-electron chi connectivity index (χ4n) is 4.00. The van der Waals surface area contributed by atoms with Gasteiger partial charge in [-0.1, -0.05) is 79.7 Å². The van der Waals surface area contributed by atoms with Crippen molar-refractivity contribution in [1.29, 1.82) is 0 Å². The van der Waals surface area contributed by atoms with Gasteiger partial charge in [-0.05, 0) is 35.2 Å². The van der Waals surface area contributed by atoms with E-state index in [9.17, 15) is 9.59 Å². The molecule has 0 spiro atoms. The first kappa shape index (κ1) is 20.4. The molecule has 1 aliphatic rings. The van der Waals surface area contributed by atoms with Gasteiger partial charge in [0.05, 0.1) is 0 Å². The summed E-state index contributed by atoms with van der Waals surface area (Å²) in [6, 6.07) is 31.3. The molecule has 1 aliphatic heterocycles. The molecule has 5 heteroatoms. The number of H-pyrrole nitrogens is 1. The number of aryl methyl sites for hydroxylation is 1. The summed E-state index contributed by atoms with van der Waals surface area (Å²) in [4.78, 5) is 23.7. The van der Waals surface area contributed by atoms with Gasteiger partial charge in [0.25, 0.3) is 5.56 Å². The van der Waals surface area contributed by atoms with Crippen LogP contribution in [0.1, 0.15) is 30.0 Å². The Bertz CT molecular complexity index is 1220. The number of rotatable bonds is 4. The van der Waals surface area contributed by atoms with Crippen molar-refractivity contribution < 1.29 is 0 Å². The van der Waals surface area contributed by atoms with Crippen LogP contribution in [0.25, 0.3) is 0 Å². The summed E-state index contributed by atoms with van der Waals surface area (Å²) in [5.74, 6) is 0. The number of anilines is 1. The van der Waals surface area contributed by atoms with Crippen LogP contribution in [0.3, 0.4) is 0 Å². The van der Waals surface area contributed by atoms with Gasteiger partial charge in [-0.2, -0.15) is 0 Å². The van der Waals surface area contributed by atoms with Crippen LogP contribution in [-0.4, -0.2) is 9.55 Å². The molecule has 0 saturated heterocycles. The second-order valence-electron chi connectivity index (χ2n) is 7.49. The standard InChI is InChI=1S/C19H15N.C7H10N2O2/c1-3-8-15(9-4-1)19(16-10-5-2-6-11-16)17-12-7-13-18(14-17)20-19;1-2-4-9-5-3-6(10)8-7(9)11/h1-14,20H;3,5H,2,4H2,1H3,(H,8,10,11). The van der Waals surface area contributed by atoms with E-state index < -0.39 is 0 Å². The Balaban J connectivity index is 0.000000180. The minimum atomic E-state index is -0.345. The lowest BCUT2D eigenvalue weighted by atomic mass is 9.79. The van der Waals surface area contributed by atoms with Gasteiger partial charge >= 0.3 is 5.69 Å². The summed E-state index contributed by atoms with van der Waals surface area (Å²) in [6.45, 7) is 2.62. The molecule has 2 N–H and O–H groups in total. The third-order valence-electron chi connectivity index (χ3n) is 5.40. The monoisotopic (exact) mass is 411 g/mol. The van der Waals surface area contributed by atoms with Crippen LogP contribution < -0.4 is 16.6 Å². The van der Waals surface area contributed by atoms with E-state index in [1.807, 2.05) is 6.92 Å². The second-order valence-corrected chi connectivity index (χ2v) is 7.49. The average Bonchev–Trinajstić information content (AvgIpc) is 3.07. The van der Waals surface area contributed by atoms with Crippen molar-refractivity contribution in [1.82, 2.24) is 9.55 Å². The number of benzene rings is 3. The Labute approximate surface area is 181 Å². The van der Waals surface area contributed by atoms with E-state index in [2.05, 4.69) is 95.2 Å². The second kappa shape index (κ2) is 8.88. The number of aromatic nitrogens is 2. The van der Waals surface area contributed by atoms with Gasteiger partial charge in [0.1, 0.15) is 5.54 Å². The molecule has 0 amide bonds. The first-order chi connectivity index (χ1) is 15.1.